The van der Waals surface area contributed by atoms with Crippen LogP contribution in [0, 0.1) is 0 Å². The Morgan fingerprint density at radius 3 is 2.27 bits per heavy atom. The molecule has 0 aromatic heterocycles. The second-order valence-corrected chi connectivity index (χ2v) is 7.11. The number of hydrogen-bond acceptors (Lipinski definition) is 2. The molecule has 0 radical (unpaired) electrons. The molecule has 26 heavy (non-hydrogen) atoms. The van der Waals surface area contributed by atoms with Gasteiger partial charge in [0.05, 0.1) is 5.69 Å². The Balaban J connectivity index is 0.000000765. The predicted octanol–water partition coefficient (Wildman–Crippen LogP) is 3.29. The highest BCUT2D eigenvalue weighted by Gasteiger charge is 2.34. The van der Waals surface area contributed by atoms with Crippen molar-refractivity contribution in [1.82, 2.24) is 4.90 Å². The van der Waals surface area contributed by atoms with Gasteiger partial charge in [0.25, 0.3) is 11.9 Å². The number of aliphatic carboxylic acids is 1. The molecule has 1 heterocycles. The molecule has 11 heteroatoms. The van der Waals surface area contributed by atoms with E-state index in [0.717, 1.165) is 15.9 Å². The van der Waals surface area contributed by atoms with E-state index in [1.807, 2.05) is 6.07 Å². The molecule has 0 spiro atoms. The zero-order chi connectivity index (χ0) is 19.9. The number of hydrogen-bond donors (Lipinski definition) is 3. The number of carboxylic acids is 1. The van der Waals surface area contributed by atoms with E-state index in [-0.39, 0.29) is 37.9 Å². The quantitative estimate of drug-likeness (QED) is 0.405. The van der Waals surface area contributed by atoms with Gasteiger partial charge in [-0.3, -0.25) is 4.79 Å². The lowest BCUT2D eigenvalue weighted by Crippen LogP contribution is -2.46. The Morgan fingerprint density at radius 1 is 1.23 bits per heavy atom. The molecule has 0 amide bonds. The van der Waals surface area contributed by atoms with Crippen LogP contribution in [0.4, 0.5) is 14.5 Å². The number of benzene rings is 1. The van der Waals surface area contributed by atoms with Crippen molar-refractivity contribution in [3.8, 4) is 0 Å². The molecule has 144 valence electrons. The number of halogens is 4. The van der Waals surface area contributed by atoms with Crippen molar-refractivity contribution < 1.29 is 18.7 Å². The maximum atomic E-state index is 13.1. The Kier molecular flexibility index (Phi) is 8.41. The minimum atomic E-state index is -2.62. The number of aliphatic imine (C=N–C) groups is 2. The topological polar surface area (TPSA) is 117 Å². The van der Waals surface area contributed by atoms with Crippen LogP contribution in [0.5, 0.6) is 0 Å². The van der Waals surface area contributed by atoms with E-state index < -0.39 is 11.9 Å². The summed E-state index contributed by atoms with van der Waals surface area (Å²) in [6.45, 7) is 1.39. The van der Waals surface area contributed by atoms with E-state index in [1.165, 1.54) is 0 Å². The van der Waals surface area contributed by atoms with Crippen molar-refractivity contribution in [2.45, 2.75) is 25.7 Å². The zero-order valence-corrected chi connectivity index (χ0v) is 17.1. The normalized spacial score (nSPS) is 17.3. The first-order valence-electron chi connectivity index (χ1n) is 7.46. The van der Waals surface area contributed by atoms with Crippen molar-refractivity contribution in [2.75, 3.05) is 13.1 Å². The fraction of sp³-hybridized carbons (Fsp3) is 0.400. The average Bonchev–Trinajstić information content (AvgIpc) is 2.50. The first-order chi connectivity index (χ1) is 12.0. The van der Waals surface area contributed by atoms with Gasteiger partial charge in [-0.05, 0) is 50.1 Å². The molecule has 0 atom stereocenters. The fourth-order valence-electron chi connectivity index (χ4n) is 1.96. The van der Waals surface area contributed by atoms with Crippen LogP contribution in [0.25, 0.3) is 0 Å². The predicted molar refractivity (Wildman–Crippen MR) is 104 cm³/mol. The number of guanidine groups is 2. The number of alkyl halides is 2. The van der Waals surface area contributed by atoms with Crippen LogP contribution >= 0.6 is 31.9 Å². The van der Waals surface area contributed by atoms with Crippen LogP contribution in [0.3, 0.4) is 0 Å². The molecule has 2 rings (SSSR count). The number of carboxylic acid groups (broad SMARTS) is 1. The fourth-order valence-corrected chi connectivity index (χ4v) is 2.58. The zero-order valence-electron chi connectivity index (χ0n) is 13.9. The lowest BCUT2D eigenvalue weighted by Gasteiger charge is -2.32. The summed E-state index contributed by atoms with van der Waals surface area (Å²) in [5.41, 5.74) is 12.1. The highest BCUT2D eigenvalue weighted by molar-refractivity contribution is 9.13. The molecule has 0 saturated carbocycles. The van der Waals surface area contributed by atoms with Crippen LogP contribution in [-0.4, -0.2) is 46.9 Å². The van der Waals surface area contributed by atoms with E-state index in [9.17, 15) is 8.78 Å². The molecule has 0 bridgehead atoms. The molecule has 1 aromatic carbocycles. The van der Waals surface area contributed by atoms with Gasteiger partial charge in [0.2, 0.25) is 5.96 Å². The first-order valence-corrected chi connectivity index (χ1v) is 9.04. The van der Waals surface area contributed by atoms with Crippen molar-refractivity contribution in [1.29, 1.82) is 0 Å². The molecule has 5 N–H and O–H groups in total. The second kappa shape index (κ2) is 9.81. The summed E-state index contributed by atoms with van der Waals surface area (Å²) in [5, 5.41) is 7.42. The summed E-state index contributed by atoms with van der Waals surface area (Å²) >= 11 is 6.72. The van der Waals surface area contributed by atoms with Crippen molar-refractivity contribution in [3.63, 3.8) is 0 Å². The molecular formula is C15H19Br2F2N5O2. The molecule has 1 saturated heterocycles. The van der Waals surface area contributed by atoms with Crippen LogP contribution < -0.4 is 11.5 Å². The maximum Gasteiger partial charge on any atom is 0.300 e. The second-order valence-electron chi connectivity index (χ2n) is 5.40. The Morgan fingerprint density at radius 2 is 1.77 bits per heavy atom. The van der Waals surface area contributed by atoms with Crippen LogP contribution in [-0.2, 0) is 4.79 Å². The Labute approximate surface area is 166 Å². The van der Waals surface area contributed by atoms with E-state index >= 15 is 0 Å². The van der Waals surface area contributed by atoms with E-state index in [1.54, 1.807) is 17.0 Å². The summed E-state index contributed by atoms with van der Waals surface area (Å²) in [4.78, 5) is 18.7. The average molecular weight is 499 g/mol. The maximum absolute atomic E-state index is 13.1. The molecular weight excluding hydrogens is 480 g/mol. The summed E-state index contributed by atoms with van der Waals surface area (Å²) < 4.78 is 27.9. The third kappa shape index (κ3) is 8.09. The van der Waals surface area contributed by atoms with Gasteiger partial charge in [0.15, 0.2) is 5.96 Å². The highest BCUT2D eigenvalue weighted by Crippen LogP contribution is 2.28. The third-order valence-electron chi connectivity index (χ3n) is 3.19. The molecule has 1 aliphatic heterocycles. The smallest absolute Gasteiger partial charge is 0.300 e. The van der Waals surface area contributed by atoms with E-state index in [2.05, 4.69) is 41.8 Å². The highest BCUT2D eigenvalue weighted by atomic mass is 79.9. The van der Waals surface area contributed by atoms with Gasteiger partial charge in [-0.2, -0.15) is 4.99 Å². The minimum Gasteiger partial charge on any atom is -0.481 e. The molecule has 1 aromatic rings. The SMILES string of the molecule is CC(=O)O.NC(=Nc1ccc(Br)c(Br)c1)N=C(N)N1CCC(F)(F)CC1. The number of carbonyl (C=O) groups is 1. The lowest BCUT2D eigenvalue weighted by atomic mass is 10.1. The molecule has 0 aliphatic carbocycles. The Hall–Kier alpha value is -1.75. The van der Waals surface area contributed by atoms with Gasteiger partial charge in [0, 0.05) is 41.8 Å². The van der Waals surface area contributed by atoms with Crippen LogP contribution in [0.15, 0.2) is 37.1 Å². The minimum absolute atomic E-state index is 0.0240. The van der Waals surface area contributed by atoms with Gasteiger partial charge in [-0.25, -0.2) is 13.8 Å². The number of rotatable bonds is 1. The molecule has 1 aliphatic rings. The summed E-state index contributed by atoms with van der Waals surface area (Å²) in [6, 6.07) is 5.34. The van der Waals surface area contributed by atoms with Gasteiger partial charge in [-0.1, -0.05) is 0 Å². The van der Waals surface area contributed by atoms with Crippen LogP contribution in [0.1, 0.15) is 19.8 Å². The van der Waals surface area contributed by atoms with E-state index in [4.69, 9.17) is 21.4 Å². The van der Waals surface area contributed by atoms with E-state index in [0.29, 0.717) is 5.69 Å². The van der Waals surface area contributed by atoms with Gasteiger partial charge < -0.3 is 21.5 Å². The summed E-state index contributed by atoms with van der Waals surface area (Å²) in [5.74, 6) is -3.38. The molecule has 0 unspecified atom stereocenters. The van der Waals surface area contributed by atoms with Gasteiger partial charge in [-0.15, -0.1) is 0 Å². The van der Waals surface area contributed by atoms with Gasteiger partial charge >= 0.3 is 0 Å². The number of piperidine rings is 1. The molecule has 1 fully saturated rings. The number of nitrogens with zero attached hydrogens (tertiary/aromatic N) is 3. The monoisotopic (exact) mass is 497 g/mol. The number of likely N-dealkylation sites (tertiary alicyclic amines) is 1. The Bertz CT molecular complexity index is 699. The standard InChI is InChI=1S/C13H15Br2F2N5.C2H4O2/c14-9-2-1-8(7-10(9)15)20-11(18)21-12(19)22-5-3-13(16,17)4-6-22;1-2(3)4/h1-2,7H,3-6H2,(H4,18,19,20,21);1H3,(H,3,4). The lowest BCUT2D eigenvalue weighted by molar-refractivity contribution is -0.134. The third-order valence-corrected chi connectivity index (χ3v) is 5.07. The van der Waals surface area contributed by atoms with Gasteiger partial charge in [0.1, 0.15) is 0 Å². The van der Waals surface area contributed by atoms with Crippen molar-refractivity contribution in [3.05, 3.63) is 27.1 Å². The summed E-state index contributed by atoms with van der Waals surface area (Å²) in [6.07, 6.45) is -0.472. The van der Waals surface area contributed by atoms with Crippen molar-refractivity contribution >= 4 is 55.4 Å². The first kappa shape index (κ1) is 22.3. The molecule has 7 nitrogen and oxygen atoms in total. The largest absolute Gasteiger partial charge is 0.481 e. The van der Waals surface area contributed by atoms with Crippen LogP contribution in [0.2, 0.25) is 0 Å². The summed E-state index contributed by atoms with van der Waals surface area (Å²) in [7, 11) is 0. The number of nitrogens with two attached hydrogens (primary N) is 2. The van der Waals surface area contributed by atoms with Crippen molar-refractivity contribution in [2.24, 2.45) is 21.5 Å².